The van der Waals surface area contributed by atoms with Crippen LogP contribution < -0.4 is 0 Å². The molecule has 5 aromatic carbocycles. The number of aromatic nitrogens is 3. The lowest BCUT2D eigenvalue weighted by Gasteiger charge is -2.11. The summed E-state index contributed by atoms with van der Waals surface area (Å²) in [6.45, 7) is 0. The van der Waals surface area contributed by atoms with Crippen LogP contribution >= 0.6 is 0 Å². The summed E-state index contributed by atoms with van der Waals surface area (Å²) < 4.78 is 8.37. The maximum atomic E-state index is 6.30. The molecule has 0 bridgehead atoms. The van der Waals surface area contributed by atoms with E-state index in [1.165, 1.54) is 10.8 Å². The van der Waals surface area contributed by atoms with Gasteiger partial charge in [0.1, 0.15) is 5.52 Å². The molecule has 4 nitrogen and oxygen atoms in total. The molecule has 0 aliphatic heterocycles. The highest BCUT2D eigenvalue weighted by atomic mass is 16.3. The molecular weight excluding hydrogens is 466 g/mol. The zero-order valence-corrected chi connectivity index (χ0v) is 20.4. The van der Waals surface area contributed by atoms with Crippen LogP contribution in [0.2, 0.25) is 0 Å². The summed E-state index contributed by atoms with van der Waals surface area (Å²) in [5, 5.41) is 9.89. The maximum Gasteiger partial charge on any atom is 0.248 e. The molecule has 0 radical (unpaired) electrons. The fraction of sp³-hybridized carbons (Fsp3) is 0. The van der Waals surface area contributed by atoms with Crippen molar-refractivity contribution in [1.29, 1.82) is 0 Å². The van der Waals surface area contributed by atoms with E-state index in [1.54, 1.807) is 0 Å². The van der Waals surface area contributed by atoms with Gasteiger partial charge < -0.3 is 4.42 Å². The monoisotopic (exact) mass is 487 g/mol. The Kier molecular flexibility index (Phi) is 4.49. The average molecular weight is 488 g/mol. The van der Waals surface area contributed by atoms with Crippen LogP contribution in [0.1, 0.15) is 0 Å². The molecule has 0 spiro atoms. The number of rotatable bonds is 3. The first-order valence-corrected chi connectivity index (χ1v) is 12.7. The third-order valence-electron chi connectivity index (χ3n) is 7.23. The molecule has 0 fully saturated rings. The molecule has 8 aromatic rings. The maximum absolute atomic E-state index is 6.30. The van der Waals surface area contributed by atoms with E-state index in [0.717, 1.165) is 55.5 Å². The second-order valence-electron chi connectivity index (χ2n) is 9.52. The van der Waals surface area contributed by atoms with E-state index in [-0.39, 0.29) is 0 Å². The number of pyridine rings is 1. The number of fused-ring (bicyclic) bond motifs is 5. The summed E-state index contributed by atoms with van der Waals surface area (Å²) >= 11 is 0. The molecule has 8 rings (SSSR count). The Labute approximate surface area is 218 Å². The first kappa shape index (κ1) is 20.9. The van der Waals surface area contributed by atoms with E-state index in [0.29, 0.717) is 5.89 Å². The predicted octanol–water partition coefficient (Wildman–Crippen LogP) is 8.78. The highest BCUT2D eigenvalue weighted by Gasteiger charge is 2.24. The summed E-state index contributed by atoms with van der Waals surface area (Å²) in [6.07, 6.45) is 0. The molecule has 4 heteroatoms. The smallest absolute Gasteiger partial charge is 0.248 e. The highest BCUT2D eigenvalue weighted by molar-refractivity contribution is 6.09. The minimum atomic E-state index is 0.515. The molecular formula is C34H21N3O. The summed E-state index contributed by atoms with van der Waals surface area (Å²) in [7, 11) is 0. The molecule has 0 saturated heterocycles. The third-order valence-corrected chi connectivity index (χ3v) is 7.23. The Bertz CT molecular complexity index is 2100. The molecule has 0 N–H and O–H groups in total. The number of hydrogen-bond donors (Lipinski definition) is 0. The van der Waals surface area contributed by atoms with Crippen LogP contribution in [0.5, 0.6) is 0 Å². The lowest BCUT2D eigenvalue weighted by Crippen LogP contribution is -1.95. The lowest BCUT2D eigenvalue weighted by atomic mass is 9.97. The van der Waals surface area contributed by atoms with Crippen LogP contribution in [0.25, 0.3) is 72.1 Å². The topological polar surface area (TPSA) is 43.3 Å². The van der Waals surface area contributed by atoms with Gasteiger partial charge in [-0.05, 0) is 46.0 Å². The molecule has 38 heavy (non-hydrogen) atoms. The van der Waals surface area contributed by atoms with E-state index >= 15 is 0 Å². The van der Waals surface area contributed by atoms with Gasteiger partial charge in [0.25, 0.3) is 0 Å². The number of benzene rings is 5. The number of nitrogens with zero attached hydrogens (tertiary/aromatic N) is 3. The fourth-order valence-corrected chi connectivity index (χ4v) is 5.44. The van der Waals surface area contributed by atoms with Gasteiger partial charge in [-0.2, -0.15) is 5.10 Å². The Morgan fingerprint density at radius 2 is 1.32 bits per heavy atom. The van der Waals surface area contributed by atoms with E-state index in [4.69, 9.17) is 14.5 Å². The summed E-state index contributed by atoms with van der Waals surface area (Å²) in [5.74, 6) is 0.515. The Morgan fingerprint density at radius 3 is 2.18 bits per heavy atom. The van der Waals surface area contributed by atoms with Crippen LogP contribution in [0, 0.1) is 0 Å². The van der Waals surface area contributed by atoms with Gasteiger partial charge in [-0.25, -0.2) is 9.50 Å². The zero-order chi connectivity index (χ0) is 25.1. The van der Waals surface area contributed by atoms with Gasteiger partial charge in [0, 0.05) is 16.5 Å². The van der Waals surface area contributed by atoms with Crippen LogP contribution in [-0.2, 0) is 0 Å². The van der Waals surface area contributed by atoms with Crippen LogP contribution in [0.15, 0.2) is 132 Å². The molecule has 0 saturated carbocycles. The van der Waals surface area contributed by atoms with Crippen molar-refractivity contribution in [3.05, 3.63) is 127 Å². The lowest BCUT2D eigenvalue weighted by molar-refractivity contribution is 0.616. The molecule has 0 aliphatic rings. The minimum Gasteiger partial charge on any atom is -0.435 e. The van der Waals surface area contributed by atoms with Crippen molar-refractivity contribution in [1.82, 2.24) is 14.6 Å². The summed E-state index contributed by atoms with van der Waals surface area (Å²) in [5.41, 5.74) is 7.53. The predicted molar refractivity (Wildman–Crippen MR) is 154 cm³/mol. The summed E-state index contributed by atoms with van der Waals surface area (Å²) in [6, 6.07) is 44.0. The Hall–Kier alpha value is -5.22. The van der Waals surface area contributed by atoms with Crippen molar-refractivity contribution in [2.24, 2.45) is 0 Å². The molecule has 0 unspecified atom stereocenters. The molecule has 3 aromatic heterocycles. The normalized spacial score (nSPS) is 11.7. The molecule has 0 atom stereocenters. The highest BCUT2D eigenvalue weighted by Crippen LogP contribution is 2.41. The minimum absolute atomic E-state index is 0.515. The molecule has 0 aliphatic carbocycles. The van der Waals surface area contributed by atoms with Crippen molar-refractivity contribution < 1.29 is 4.42 Å². The van der Waals surface area contributed by atoms with Crippen LogP contribution in [0.3, 0.4) is 0 Å². The first-order valence-electron chi connectivity index (χ1n) is 12.7. The van der Waals surface area contributed by atoms with E-state index in [2.05, 4.69) is 102 Å². The van der Waals surface area contributed by atoms with Gasteiger partial charge in [0.15, 0.2) is 11.3 Å². The van der Waals surface area contributed by atoms with E-state index in [9.17, 15) is 0 Å². The number of oxazole rings is 1. The van der Waals surface area contributed by atoms with Crippen molar-refractivity contribution in [3.63, 3.8) is 0 Å². The van der Waals surface area contributed by atoms with Gasteiger partial charge in [-0.15, -0.1) is 0 Å². The third kappa shape index (κ3) is 3.17. The van der Waals surface area contributed by atoms with Gasteiger partial charge in [-0.3, -0.25) is 0 Å². The largest absolute Gasteiger partial charge is 0.435 e. The van der Waals surface area contributed by atoms with Crippen LogP contribution in [-0.4, -0.2) is 14.6 Å². The average Bonchev–Trinajstić information content (AvgIpc) is 3.59. The number of para-hydroxylation sites is 2. The second-order valence-corrected chi connectivity index (χ2v) is 9.52. The van der Waals surface area contributed by atoms with Gasteiger partial charge in [0.2, 0.25) is 5.89 Å². The quantitative estimate of drug-likeness (QED) is 0.250. The van der Waals surface area contributed by atoms with Crippen molar-refractivity contribution >= 4 is 38.2 Å². The second kappa shape index (κ2) is 8.15. The van der Waals surface area contributed by atoms with Crippen LogP contribution in [0.4, 0.5) is 0 Å². The van der Waals surface area contributed by atoms with Gasteiger partial charge in [0.05, 0.1) is 11.2 Å². The molecule has 0 amide bonds. The fourth-order valence-electron chi connectivity index (χ4n) is 5.44. The Morgan fingerprint density at radius 1 is 0.579 bits per heavy atom. The SMILES string of the molecule is c1ccc(-c2cc3ccccc3c3c(-c4ccc5ccccc5c4)c(-c4nc5ccccc5o4)nn23)cc1. The van der Waals surface area contributed by atoms with E-state index in [1.807, 2.05) is 30.3 Å². The number of hydrogen-bond acceptors (Lipinski definition) is 3. The zero-order valence-electron chi connectivity index (χ0n) is 20.4. The van der Waals surface area contributed by atoms with E-state index < -0.39 is 0 Å². The molecule has 3 heterocycles. The van der Waals surface area contributed by atoms with Gasteiger partial charge in [-0.1, -0.05) is 103 Å². The van der Waals surface area contributed by atoms with Crippen molar-refractivity contribution in [2.45, 2.75) is 0 Å². The van der Waals surface area contributed by atoms with Crippen molar-refractivity contribution in [3.8, 4) is 34.0 Å². The first-order chi connectivity index (χ1) is 18.8. The van der Waals surface area contributed by atoms with Crippen molar-refractivity contribution in [2.75, 3.05) is 0 Å². The van der Waals surface area contributed by atoms with Gasteiger partial charge >= 0.3 is 0 Å². The standard InChI is InChI=1S/C34H21N3O/c1-2-11-23(12-3-1)29-21-25-14-6-7-15-27(25)33-31(26-19-18-22-10-4-5-13-24(22)20-26)32(36-37(29)33)34-35-28-16-8-9-17-30(28)38-34/h1-21H. The summed E-state index contributed by atoms with van der Waals surface area (Å²) in [4.78, 5) is 4.87. The molecule has 178 valence electrons. The Balaban J connectivity index is 1.55.